The Morgan fingerprint density at radius 2 is 1.81 bits per heavy atom. The summed E-state index contributed by atoms with van der Waals surface area (Å²) >= 11 is 0. The summed E-state index contributed by atoms with van der Waals surface area (Å²) in [7, 11) is 0. The molecule has 140 valence electrons. The van der Waals surface area contributed by atoms with Crippen molar-refractivity contribution in [1.82, 2.24) is 19.7 Å². The van der Waals surface area contributed by atoms with Gasteiger partial charge in [0.15, 0.2) is 11.6 Å². The fraction of sp³-hybridized carbons (Fsp3) is 0.381. The number of aromatic nitrogens is 4. The van der Waals surface area contributed by atoms with Gasteiger partial charge in [-0.05, 0) is 43.5 Å². The van der Waals surface area contributed by atoms with E-state index < -0.39 is 6.10 Å². The van der Waals surface area contributed by atoms with Crippen LogP contribution in [0.5, 0.6) is 0 Å². The highest BCUT2D eigenvalue weighted by Gasteiger charge is 2.21. The summed E-state index contributed by atoms with van der Waals surface area (Å²) in [6.07, 6.45) is 6.16. The van der Waals surface area contributed by atoms with E-state index in [1.165, 1.54) is 18.5 Å². The van der Waals surface area contributed by atoms with Crippen LogP contribution < -0.4 is 4.90 Å². The van der Waals surface area contributed by atoms with Gasteiger partial charge in [-0.1, -0.05) is 19.1 Å². The lowest BCUT2D eigenvalue weighted by Crippen LogP contribution is -2.20. The van der Waals surface area contributed by atoms with Crippen LogP contribution in [-0.4, -0.2) is 44.0 Å². The first kappa shape index (κ1) is 17.7. The zero-order valence-corrected chi connectivity index (χ0v) is 15.6. The van der Waals surface area contributed by atoms with Gasteiger partial charge in [-0.3, -0.25) is 4.98 Å². The van der Waals surface area contributed by atoms with Crippen LogP contribution in [0.1, 0.15) is 26.2 Å². The third-order valence-electron chi connectivity index (χ3n) is 5.06. The number of aliphatic hydroxyl groups is 1. The molecule has 1 aliphatic heterocycles. The monoisotopic (exact) mass is 363 g/mol. The van der Waals surface area contributed by atoms with Crippen molar-refractivity contribution in [2.75, 3.05) is 18.0 Å². The predicted molar refractivity (Wildman–Crippen MR) is 106 cm³/mol. The number of nitrogens with zero attached hydrogens (tertiary/aromatic N) is 5. The van der Waals surface area contributed by atoms with E-state index in [9.17, 15) is 5.11 Å². The lowest BCUT2D eigenvalue weighted by molar-refractivity contribution is 0.146. The Bertz CT molecular complexity index is 887. The average molecular weight is 363 g/mol. The lowest BCUT2D eigenvalue weighted by Gasteiger charge is -2.21. The van der Waals surface area contributed by atoms with Crippen LogP contribution in [0.2, 0.25) is 0 Å². The third-order valence-corrected chi connectivity index (χ3v) is 5.06. The molecule has 6 heteroatoms. The van der Waals surface area contributed by atoms with Gasteiger partial charge in [0.25, 0.3) is 0 Å². The molecule has 0 unspecified atom stereocenters. The number of hydrogen-bond acceptors (Lipinski definition) is 5. The standard InChI is InChI=1S/C21H25N5O/c1-2-17(27)15-26-21(23-20(24-26)16-9-11-22-12-10-16)18-7-3-4-8-19(18)25-13-5-6-14-25/h3-4,7-12,17,27H,2,5-6,13-15H2,1H3/t17-/m0/s1. The highest BCUT2D eigenvalue weighted by atomic mass is 16.3. The number of benzene rings is 1. The summed E-state index contributed by atoms with van der Waals surface area (Å²) in [4.78, 5) is 11.3. The molecule has 0 aliphatic carbocycles. The summed E-state index contributed by atoms with van der Waals surface area (Å²) in [5, 5.41) is 14.9. The van der Waals surface area contributed by atoms with Crippen LogP contribution >= 0.6 is 0 Å². The van der Waals surface area contributed by atoms with Gasteiger partial charge in [-0.25, -0.2) is 9.67 Å². The number of pyridine rings is 1. The molecular formula is C21H25N5O. The first-order valence-electron chi connectivity index (χ1n) is 9.64. The van der Waals surface area contributed by atoms with Crippen LogP contribution in [0.3, 0.4) is 0 Å². The second-order valence-electron chi connectivity index (χ2n) is 6.95. The molecule has 3 aromatic rings. The Labute approximate surface area is 159 Å². The van der Waals surface area contributed by atoms with Crippen LogP contribution in [-0.2, 0) is 6.54 Å². The normalized spacial score (nSPS) is 15.3. The van der Waals surface area contributed by atoms with E-state index in [1.54, 1.807) is 12.4 Å². The van der Waals surface area contributed by atoms with E-state index in [-0.39, 0.29) is 0 Å². The van der Waals surface area contributed by atoms with Crippen molar-refractivity contribution in [3.63, 3.8) is 0 Å². The molecule has 6 nitrogen and oxygen atoms in total. The van der Waals surface area contributed by atoms with Gasteiger partial charge in [-0.2, -0.15) is 5.10 Å². The second-order valence-corrected chi connectivity index (χ2v) is 6.95. The Morgan fingerprint density at radius 3 is 2.56 bits per heavy atom. The molecule has 2 aromatic heterocycles. The molecule has 0 spiro atoms. The molecule has 0 bridgehead atoms. The molecule has 4 rings (SSSR count). The molecule has 3 heterocycles. The molecule has 0 amide bonds. The van der Waals surface area contributed by atoms with Crippen LogP contribution in [0.25, 0.3) is 22.8 Å². The van der Waals surface area contributed by atoms with Crippen molar-refractivity contribution >= 4 is 5.69 Å². The number of aliphatic hydroxyl groups excluding tert-OH is 1. The molecule has 1 aromatic carbocycles. The van der Waals surface area contributed by atoms with Crippen molar-refractivity contribution in [3.05, 3.63) is 48.8 Å². The Morgan fingerprint density at radius 1 is 1.07 bits per heavy atom. The van der Waals surface area contributed by atoms with Gasteiger partial charge in [-0.15, -0.1) is 0 Å². The maximum Gasteiger partial charge on any atom is 0.181 e. The van der Waals surface area contributed by atoms with Crippen LogP contribution in [0, 0.1) is 0 Å². The summed E-state index contributed by atoms with van der Waals surface area (Å²) in [6.45, 7) is 4.54. The topological polar surface area (TPSA) is 67.1 Å². The third kappa shape index (κ3) is 3.71. The van der Waals surface area contributed by atoms with Gasteiger partial charge < -0.3 is 10.0 Å². The average Bonchev–Trinajstić information content (AvgIpc) is 3.39. The molecule has 1 N–H and O–H groups in total. The van der Waals surface area contributed by atoms with Gasteiger partial charge in [0.05, 0.1) is 12.6 Å². The molecular weight excluding hydrogens is 338 g/mol. The van der Waals surface area contributed by atoms with Gasteiger partial charge >= 0.3 is 0 Å². The van der Waals surface area contributed by atoms with Crippen LogP contribution in [0.4, 0.5) is 5.69 Å². The Kier molecular flexibility index (Phi) is 5.16. The van der Waals surface area contributed by atoms with Crippen molar-refractivity contribution < 1.29 is 5.11 Å². The molecule has 0 saturated carbocycles. The van der Waals surface area contributed by atoms with Crippen molar-refractivity contribution in [1.29, 1.82) is 0 Å². The molecule has 1 fully saturated rings. The van der Waals surface area contributed by atoms with E-state index >= 15 is 0 Å². The number of hydrogen-bond donors (Lipinski definition) is 1. The Balaban J connectivity index is 1.80. The number of rotatable bonds is 6. The van der Waals surface area contributed by atoms with Crippen LogP contribution in [0.15, 0.2) is 48.8 Å². The maximum absolute atomic E-state index is 10.2. The minimum absolute atomic E-state index is 0.429. The van der Waals surface area contributed by atoms with Gasteiger partial charge in [0.1, 0.15) is 0 Å². The van der Waals surface area contributed by atoms with E-state index in [0.29, 0.717) is 18.8 Å². The quantitative estimate of drug-likeness (QED) is 0.727. The van der Waals surface area contributed by atoms with Crippen molar-refractivity contribution in [3.8, 4) is 22.8 Å². The van der Waals surface area contributed by atoms with Gasteiger partial charge in [0.2, 0.25) is 0 Å². The molecule has 27 heavy (non-hydrogen) atoms. The zero-order chi connectivity index (χ0) is 18.6. The van der Waals surface area contributed by atoms with Crippen molar-refractivity contribution in [2.45, 2.75) is 38.8 Å². The summed E-state index contributed by atoms with van der Waals surface area (Å²) < 4.78 is 1.85. The fourth-order valence-electron chi connectivity index (χ4n) is 3.52. The predicted octanol–water partition coefficient (Wildman–Crippen LogP) is 3.38. The van der Waals surface area contributed by atoms with E-state index in [2.05, 4.69) is 28.1 Å². The fourth-order valence-corrected chi connectivity index (χ4v) is 3.52. The van der Waals surface area contributed by atoms with Gasteiger partial charge in [0, 0.05) is 42.3 Å². The summed E-state index contributed by atoms with van der Waals surface area (Å²) in [5.74, 6) is 1.46. The summed E-state index contributed by atoms with van der Waals surface area (Å²) in [6, 6.07) is 12.2. The SMILES string of the molecule is CC[C@H](O)Cn1nc(-c2ccncc2)nc1-c1ccccc1N1CCCC1. The highest BCUT2D eigenvalue weighted by Crippen LogP contribution is 2.33. The highest BCUT2D eigenvalue weighted by molar-refractivity contribution is 5.76. The van der Waals surface area contributed by atoms with E-state index in [1.807, 2.05) is 29.8 Å². The first-order chi connectivity index (χ1) is 13.3. The molecule has 1 atom stereocenters. The first-order valence-corrected chi connectivity index (χ1v) is 9.64. The lowest BCUT2D eigenvalue weighted by atomic mass is 10.1. The maximum atomic E-state index is 10.2. The zero-order valence-electron chi connectivity index (χ0n) is 15.6. The minimum atomic E-state index is -0.449. The summed E-state index contributed by atoms with van der Waals surface area (Å²) in [5.41, 5.74) is 3.18. The Hall–Kier alpha value is -2.73. The molecule has 1 aliphatic rings. The number of para-hydroxylation sites is 1. The second kappa shape index (κ2) is 7.88. The minimum Gasteiger partial charge on any atom is -0.391 e. The largest absolute Gasteiger partial charge is 0.391 e. The van der Waals surface area contributed by atoms with E-state index in [0.717, 1.165) is 30.0 Å². The molecule has 0 radical (unpaired) electrons. The van der Waals surface area contributed by atoms with Crippen molar-refractivity contribution in [2.24, 2.45) is 0 Å². The number of anilines is 1. The van der Waals surface area contributed by atoms with E-state index in [4.69, 9.17) is 10.1 Å². The smallest absolute Gasteiger partial charge is 0.181 e. The molecule has 1 saturated heterocycles.